The molecule has 1 saturated heterocycles. The average Bonchev–Trinajstić information content (AvgIpc) is 2.85. The van der Waals surface area contributed by atoms with Gasteiger partial charge in [0.2, 0.25) is 0 Å². The lowest BCUT2D eigenvalue weighted by atomic mass is 10.3. The maximum absolute atomic E-state index is 12.0. The number of rotatable bonds is 4. The molecule has 1 aromatic heterocycles. The summed E-state index contributed by atoms with van der Waals surface area (Å²) in [4.78, 5) is 13.8. The summed E-state index contributed by atoms with van der Waals surface area (Å²) in [5, 5.41) is 3.16. The molecule has 17 heavy (non-hydrogen) atoms. The Kier molecular flexibility index (Phi) is 4.17. The van der Waals surface area contributed by atoms with Crippen LogP contribution in [0.4, 0.5) is 0 Å². The second-order valence-electron chi connectivity index (χ2n) is 3.95. The Morgan fingerprint density at radius 1 is 1.41 bits per heavy atom. The van der Waals surface area contributed by atoms with Gasteiger partial charge >= 0.3 is 0 Å². The van der Waals surface area contributed by atoms with Gasteiger partial charge in [0.25, 0.3) is 5.91 Å². The van der Waals surface area contributed by atoms with Gasteiger partial charge in [0.1, 0.15) is 5.76 Å². The van der Waals surface area contributed by atoms with Crippen molar-refractivity contribution in [1.29, 1.82) is 0 Å². The summed E-state index contributed by atoms with van der Waals surface area (Å²) in [7, 11) is 0. The number of hydrogen-bond acceptors (Lipinski definition) is 4. The van der Waals surface area contributed by atoms with E-state index in [2.05, 4.69) is 5.32 Å². The standard InChI is InChI=1S/C12H18N2O3/c1-2-13-9-10-3-4-11(17-10)12(15)14-5-7-16-8-6-14/h3-4,13H,2,5-9H2,1H3. The number of carbonyl (C=O) groups excluding carboxylic acids is 1. The second-order valence-corrected chi connectivity index (χ2v) is 3.95. The fourth-order valence-electron chi connectivity index (χ4n) is 1.76. The largest absolute Gasteiger partial charge is 0.455 e. The van der Waals surface area contributed by atoms with Crippen LogP contribution < -0.4 is 5.32 Å². The summed E-state index contributed by atoms with van der Waals surface area (Å²) < 4.78 is 10.7. The van der Waals surface area contributed by atoms with E-state index < -0.39 is 0 Å². The molecule has 5 heteroatoms. The van der Waals surface area contributed by atoms with Crippen molar-refractivity contribution in [2.75, 3.05) is 32.8 Å². The first kappa shape index (κ1) is 12.1. The van der Waals surface area contributed by atoms with Gasteiger partial charge in [-0.05, 0) is 18.7 Å². The molecule has 94 valence electrons. The van der Waals surface area contributed by atoms with Crippen molar-refractivity contribution in [3.8, 4) is 0 Å². The van der Waals surface area contributed by atoms with E-state index in [-0.39, 0.29) is 5.91 Å². The molecule has 5 nitrogen and oxygen atoms in total. The lowest BCUT2D eigenvalue weighted by Gasteiger charge is -2.25. The lowest BCUT2D eigenvalue weighted by molar-refractivity contribution is 0.0281. The van der Waals surface area contributed by atoms with Gasteiger partial charge in [0.15, 0.2) is 5.76 Å². The molecule has 1 amide bonds. The average molecular weight is 238 g/mol. The molecule has 1 aliphatic rings. The topological polar surface area (TPSA) is 54.7 Å². The Morgan fingerprint density at radius 3 is 2.88 bits per heavy atom. The number of hydrogen-bond donors (Lipinski definition) is 1. The number of furan rings is 1. The minimum Gasteiger partial charge on any atom is -0.455 e. The molecule has 0 bridgehead atoms. The number of morpholine rings is 1. The van der Waals surface area contributed by atoms with Gasteiger partial charge in [-0.2, -0.15) is 0 Å². The summed E-state index contributed by atoms with van der Waals surface area (Å²) in [6.45, 7) is 6.07. The van der Waals surface area contributed by atoms with Crippen LogP contribution >= 0.6 is 0 Å². The first-order chi connectivity index (χ1) is 8.31. The number of ether oxygens (including phenoxy) is 1. The van der Waals surface area contributed by atoms with Crippen LogP contribution in [-0.2, 0) is 11.3 Å². The number of nitrogens with zero attached hydrogens (tertiary/aromatic N) is 1. The number of amides is 1. The number of carbonyl (C=O) groups is 1. The maximum Gasteiger partial charge on any atom is 0.289 e. The molecule has 0 aromatic carbocycles. The van der Waals surface area contributed by atoms with Gasteiger partial charge in [0, 0.05) is 13.1 Å². The fraction of sp³-hybridized carbons (Fsp3) is 0.583. The van der Waals surface area contributed by atoms with Crippen LogP contribution in [0, 0.1) is 0 Å². The van der Waals surface area contributed by atoms with Crippen molar-refractivity contribution in [3.05, 3.63) is 23.7 Å². The SMILES string of the molecule is CCNCc1ccc(C(=O)N2CCOCC2)o1. The zero-order valence-corrected chi connectivity index (χ0v) is 10.1. The van der Waals surface area contributed by atoms with Crippen molar-refractivity contribution in [3.63, 3.8) is 0 Å². The van der Waals surface area contributed by atoms with Crippen LogP contribution in [0.2, 0.25) is 0 Å². The molecule has 1 aromatic rings. The zero-order valence-electron chi connectivity index (χ0n) is 10.1. The zero-order chi connectivity index (χ0) is 12.1. The summed E-state index contributed by atoms with van der Waals surface area (Å²) in [6.07, 6.45) is 0. The van der Waals surface area contributed by atoms with Crippen molar-refractivity contribution in [2.24, 2.45) is 0 Å². The predicted molar refractivity (Wildman–Crippen MR) is 62.8 cm³/mol. The van der Waals surface area contributed by atoms with Gasteiger partial charge < -0.3 is 19.4 Å². The third kappa shape index (κ3) is 3.08. The molecule has 1 fully saturated rings. The van der Waals surface area contributed by atoms with E-state index in [0.717, 1.165) is 12.3 Å². The molecule has 0 aliphatic carbocycles. The molecule has 0 spiro atoms. The normalized spacial score (nSPS) is 16.2. The fourth-order valence-corrected chi connectivity index (χ4v) is 1.76. The highest BCUT2D eigenvalue weighted by molar-refractivity contribution is 5.91. The van der Waals surface area contributed by atoms with E-state index in [1.165, 1.54) is 0 Å². The molecule has 0 radical (unpaired) electrons. The van der Waals surface area contributed by atoms with Crippen LogP contribution in [0.25, 0.3) is 0 Å². The van der Waals surface area contributed by atoms with E-state index >= 15 is 0 Å². The molecule has 1 aliphatic heterocycles. The molecular formula is C12H18N2O3. The first-order valence-electron chi connectivity index (χ1n) is 5.97. The smallest absolute Gasteiger partial charge is 0.289 e. The Hall–Kier alpha value is -1.33. The Labute approximate surface area is 101 Å². The van der Waals surface area contributed by atoms with E-state index in [1.54, 1.807) is 11.0 Å². The molecule has 0 saturated carbocycles. The highest BCUT2D eigenvalue weighted by Gasteiger charge is 2.21. The van der Waals surface area contributed by atoms with E-state index in [9.17, 15) is 4.79 Å². The van der Waals surface area contributed by atoms with Crippen molar-refractivity contribution >= 4 is 5.91 Å². The lowest BCUT2D eigenvalue weighted by Crippen LogP contribution is -2.40. The van der Waals surface area contributed by atoms with Crippen LogP contribution in [0.3, 0.4) is 0 Å². The van der Waals surface area contributed by atoms with Crippen LogP contribution in [0.1, 0.15) is 23.2 Å². The summed E-state index contributed by atoms with van der Waals surface area (Å²) in [5.41, 5.74) is 0. The van der Waals surface area contributed by atoms with Crippen LogP contribution in [0.5, 0.6) is 0 Å². The van der Waals surface area contributed by atoms with Crippen molar-refractivity contribution in [1.82, 2.24) is 10.2 Å². The molecule has 2 heterocycles. The first-order valence-corrected chi connectivity index (χ1v) is 5.97. The summed E-state index contributed by atoms with van der Waals surface area (Å²) in [5.74, 6) is 1.17. The Morgan fingerprint density at radius 2 is 2.18 bits per heavy atom. The predicted octanol–water partition coefficient (Wildman–Crippen LogP) is 0.861. The highest BCUT2D eigenvalue weighted by atomic mass is 16.5. The summed E-state index contributed by atoms with van der Waals surface area (Å²) >= 11 is 0. The molecule has 2 rings (SSSR count). The van der Waals surface area contributed by atoms with Crippen LogP contribution in [0.15, 0.2) is 16.5 Å². The van der Waals surface area contributed by atoms with Crippen molar-refractivity contribution < 1.29 is 13.9 Å². The van der Waals surface area contributed by atoms with E-state index in [1.807, 2.05) is 13.0 Å². The van der Waals surface area contributed by atoms with Gasteiger partial charge in [-0.25, -0.2) is 0 Å². The monoisotopic (exact) mass is 238 g/mol. The molecule has 0 atom stereocenters. The van der Waals surface area contributed by atoms with Gasteiger partial charge in [-0.3, -0.25) is 4.79 Å². The van der Waals surface area contributed by atoms with Gasteiger partial charge in [-0.15, -0.1) is 0 Å². The van der Waals surface area contributed by atoms with Crippen LogP contribution in [-0.4, -0.2) is 43.7 Å². The Bertz CT molecular complexity index is 370. The molecular weight excluding hydrogens is 220 g/mol. The third-order valence-electron chi connectivity index (χ3n) is 2.72. The maximum atomic E-state index is 12.0. The van der Waals surface area contributed by atoms with E-state index in [4.69, 9.17) is 9.15 Å². The van der Waals surface area contributed by atoms with Crippen molar-refractivity contribution in [2.45, 2.75) is 13.5 Å². The quantitative estimate of drug-likeness (QED) is 0.845. The minimum absolute atomic E-state index is 0.0453. The molecule has 0 unspecified atom stereocenters. The Balaban J connectivity index is 1.96. The van der Waals surface area contributed by atoms with E-state index in [0.29, 0.717) is 38.6 Å². The summed E-state index contributed by atoms with van der Waals surface area (Å²) in [6, 6.07) is 3.58. The van der Waals surface area contributed by atoms with Gasteiger partial charge in [-0.1, -0.05) is 6.92 Å². The van der Waals surface area contributed by atoms with Gasteiger partial charge in [0.05, 0.1) is 19.8 Å². The molecule has 1 N–H and O–H groups in total. The number of nitrogens with one attached hydrogen (secondary N) is 1. The minimum atomic E-state index is -0.0453. The second kappa shape index (κ2) is 5.84. The highest BCUT2D eigenvalue weighted by Crippen LogP contribution is 2.11. The third-order valence-corrected chi connectivity index (χ3v) is 2.72.